The molecule has 1 aliphatic heterocycles. The quantitative estimate of drug-likeness (QED) is 0.697. The van der Waals surface area contributed by atoms with Gasteiger partial charge in [0.15, 0.2) is 0 Å². The molecular weight excluding hydrogens is 373 g/mol. The number of benzene rings is 1. The number of aromatic nitrogens is 1. The van der Waals surface area contributed by atoms with Crippen LogP contribution in [0.25, 0.3) is 11.3 Å². The van der Waals surface area contributed by atoms with Crippen molar-refractivity contribution in [3.63, 3.8) is 0 Å². The Kier molecular flexibility index (Phi) is 6.90. The van der Waals surface area contributed by atoms with E-state index >= 15 is 0 Å². The molecule has 6 nitrogen and oxygen atoms in total. The number of carbonyl (C=O) groups excluding carboxylic acids is 1. The van der Waals surface area contributed by atoms with Crippen LogP contribution in [0, 0.1) is 11.7 Å². The largest absolute Gasteiger partial charge is 0.378 e. The number of rotatable bonds is 7. The highest BCUT2D eigenvalue weighted by molar-refractivity contribution is 5.79. The maximum atomic E-state index is 13.4. The summed E-state index contributed by atoms with van der Waals surface area (Å²) in [7, 11) is 0. The average molecular weight is 403 g/mol. The highest BCUT2D eigenvalue weighted by Gasteiger charge is 2.29. The van der Waals surface area contributed by atoms with Gasteiger partial charge in [0, 0.05) is 30.6 Å². The highest BCUT2D eigenvalue weighted by atomic mass is 19.1. The van der Waals surface area contributed by atoms with Crippen molar-refractivity contribution in [3.05, 3.63) is 35.6 Å². The summed E-state index contributed by atoms with van der Waals surface area (Å²) < 4.78 is 24.7. The van der Waals surface area contributed by atoms with Gasteiger partial charge in [0.2, 0.25) is 11.8 Å². The van der Waals surface area contributed by atoms with Crippen LogP contribution in [-0.4, -0.2) is 48.3 Å². The fourth-order valence-corrected chi connectivity index (χ4v) is 3.47. The lowest BCUT2D eigenvalue weighted by molar-refractivity contribution is -0.137. The molecule has 0 unspecified atom stereocenters. The molecule has 3 rings (SSSR count). The van der Waals surface area contributed by atoms with Gasteiger partial charge in [-0.2, -0.15) is 0 Å². The first-order valence-electron chi connectivity index (χ1n) is 10.3. The van der Waals surface area contributed by atoms with Gasteiger partial charge in [-0.05, 0) is 37.6 Å². The van der Waals surface area contributed by atoms with Crippen LogP contribution in [0.5, 0.6) is 0 Å². The number of ether oxygens (including phenoxy) is 1. The molecule has 29 heavy (non-hydrogen) atoms. The second kappa shape index (κ2) is 9.39. The molecule has 1 atom stereocenters. The number of hydrogen-bond donors (Lipinski definition) is 0. The molecule has 1 saturated heterocycles. The van der Waals surface area contributed by atoms with Gasteiger partial charge in [0.1, 0.15) is 11.5 Å². The summed E-state index contributed by atoms with van der Waals surface area (Å²) >= 11 is 0. The Labute approximate surface area is 171 Å². The van der Waals surface area contributed by atoms with Crippen molar-refractivity contribution < 1.29 is 18.4 Å². The molecular formula is C22H30FN3O3. The second-order valence-corrected chi connectivity index (χ2v) is 7.80. The van der Waals surface area contributed by atoms with Gasteiger partial charge in [-0.3, -0.25) is 4.79 Å². The van der Waals surface area contributed by atoms with E-state index in [0.29, 0.717) is 44.4 Å². The third kappa shape index (κ3) is 4.78. The van der Waals surface area contributed by atoms with Gasteiger partial charge < -0.3 is 19.1 Å². The molecule has 1 amide bonds. The molecule has 0 aliphatic carbocycles. The van der Waals surface area contributed by atoms with Gasteiger partial charge >= 0.3 is 0 Å². The summed E-state index contributed by atoms with van der Waals surface area (Å²) in [4.78, 5) is 16.9. The highest BCUT2D eigenvalue weighted by Crippen LogP contribution is 2.34. The summed E-state index contributed by atoms with van der Waals surface area (Å²) in [5.74, 6) is 0.351. The van der Waals surface area contributed by atoms with Gasteiger partial charge in [0.05, 0.1) is 25.3 Å². The molecule has 0 saturated carbocycles. The van der Waals surface area contributed by atoms with Crippen LogP contribution >= 0.6 is 0 Å². The molecule has 7 heteroatoms. The van der Waals surface area contributed by atoms with Gasteiger partial charge in [0.25, 0.3) is 0 Å². The Bertz CT molecular complexity index is 813. The minimum atomic E-state index is -0.302. The first kappa shape index (κ1) is 21.3. The number of carbonyl (C=O) groups is 1. The van der Waals surface area contributed by atoms with Gasteiger partial charge in [-0.15, -0.1) is 0 Å². The Morgan fingerprint density at radius 2 is 1.86 bits per heavy atom. The molecule has 0 N–H and O–H groups in total. The fourth-order valence-electron chi connectivity index (χ4n) is 3.47. The molecule has 1 aliphatic rings. The average Bonchev–Trinajstić information content (AvgIpc) is 3.15. The summed E-state index contributed by atoms with van der Waals surface area (Å²) in [5.41, 5.74) is 2.27. The van der Waals surface area contributed by atoms with Crippen LogP contribution in [0.15, 0.2) is 28.8 Å². The lowest BCUT2D eigenvalue weighted by Gasteiger charge is -2.32. The molecule has 2 heterocycles. The maximum absolute atomic E-state index is 13.4. The monoisotopic (exact) mass is 403 g/mol. The van der Waals surface area contributed by atoms with E-state index in [4.69, 9.17) is 9.26 Å². The van der Waals surface area contributed by atoms with E-state index in [2.05, 4.69) is 23.9 Å². The zero-order chi connectivity index (χ0) is 21.0. The van der Waals surface area contributed by atoms with Crippen molar-refractivity contribution in [3.8, 4) is 11.3 Å². The Morgan fingerprint density at radius 3 is 2.45 bits per heavy atom. The predicted octanol–water partition coefficient (Wildman–Crippen LogP) is 4.10. The molecule has 1 aromatic heterocycles. The molecule has 0 radical (unpaired) electrons. The zero-order valence-electron chi connectivity index (χ0n) is 17.7. The van der Waals surface area contributed by atoms with E-state index in [1.165, 1.54) is 12.1 Å². The van der Waals surface area contributed by atoms with E-state index in [0.717, 1.165) is 17.5 Å². The van der Waals surface area contributed by atoms with Crippen molar-refractivity contribution in [2.24, 2.45) is 5.92 Å². The van der Waals surface area contributed by atoms with E-state index in [1.54, 1.807) is 12.1 Å². The molecule has 0 spiro atoms. The second-order valence-electron chi connectivity index (χ2n) is 7.80. The van der Waals surface area contributed by atoms with Crippen molar-refractivity contribution in [2.75, 3.05) is 31.2 Å². The summed E-state index contributed by atoms with van der Waals surface area (Å²) in [6.07, 6.45) is 0.850. The number of nitrogens with zero attached hydrogens (tertiary/aromatic N) is 3. The number of amides is 1. The molecule has 2 aromatic rings. The van der Waals surface area contributed by atoms with Crippen LogP contribution < -0.4 is 4.90 Å². The van der Waals surface area contributed by atoms with Crippen molar-refractivity contribution in [1.82, 2.24) is 10.1 Å². The van der Waals surface area contributed by atoms with E-state index < -0.39 is 0 Å². The number of hydrogen-bond acceptors (Lipinski definition) is 5. The molecule has 1 fully saturated rings. The summed E-state index contributed by atoms with van der Waals surface area (Å²) in [6.45, 7) is 11.0. The van der Waals surface area contributed by atoms with E-state index in [9.17, 15) is 9.18 Å². The standard InChI is InChI=1S/C22H30FN3O3/c1-5-16(4)26(21(27)15(2)3)14-19-20(17-6-8-18(23)9-7-17)24-29-22(19)25-10-12-28-13-11-25/h6-9,15-16H,5,10-14H2,1-4H3/t16-/m1/s1. The lowest BCUT2D eigenvalue weighted by Crippen LogP contribution is -2.41. The predicted molar refractivity (Wildman–Crippen MR) is 110 cm³/mol. The van der Waals surface area contributed by atoms with Crippen LogP contribution in [0.3, 0.4) is 0 Å². The van der Waals surface area contributed by atoms with Gasteiger partial charge in [-0.1, -0.05) is 25.9 Å². The third-order valence-corrected chi connectivity index (χ3v) is 5.41. The number of morpholine rings is 1. The molecule has 1 aromatic carbocycles. The SMILES string of the molecule is CC[C@@H](C)N(Cc1c(-c2ccc(F)cc2)noc1N1CCOCC1)C(=O)C(C)C. The third-order valence-electron chi connectivity index (χ3n) is 5.41. The Morgan fingerprint density at radius 1 is 1.21 bits per heavy atom. The van der Waals surface area contributed by atoms with E-state index in [-0.39, 0.29) is 23.7 Å². The minimum Gasteiger partial charge on any atom is -0.378 e. The zero-order valence-corrected chi connectivity index (χ0v) is 17.7. The maximum Gasteiger partial charge on any atom is 0.233 e. The van der Waals surface area contributed by atoms with Gasteiger partial charge in [-0.25, -0.2) is 4.39 Å². The molecule has 0 bridgehead atoms. The smallest absolute Gasteiger partial charge is 0.233 e. The fraction of sp³-hybridized carbons (Fsp3) is 0.545. The van der Waals surface area contributed by atoms with Crippen LogP contribution in [-0.2, 0) is 16.1 Å². The first-order valence-corrected chi connectivity index (χ1v) is 10.3. The van der Waals surface area contributed by atoms with Crippen molar-refractivity contribution >= 4 is 11.8 Å². The van der Waals surface area contributed by atoms with Crippen LogP contribution in [0.1, 0.15) is 39.7 Å². The first-order chi connectivity index (χ1) is 13.9. The topological polar surface area (TPSA) is 58.8 Å². The lowest BCUT2D eigenvalue weighted by atomic mass is 10.0. The van der Waals surface area contributed by atoms with Crippen molar-refractivity contribution in [1.29, 1.82) is 0 Å². The van der Waals surface area contributed by atoms with E-state index in [1.807, 2.05) is 18.7 Å². The van der Waals surface area contributed by atoms with Crippen molar-refractivity contribution in [2.45, 2.75) is 46.7 Å². The summed E-state index contributed by atoms with van der Waals surface area (Å²) in [6, 6.07) is 6.29. The minimum absolute atomic E-state index is 0.0819. The van der Waals surface area contributed by atoms with Crippen LogP contribution in [0.4, 0.5) is 10.3 Å². The summed E-state index contributed by atoms with van der Waals surface area (Å²) in [5, 5.41) is 4.32. The number of halogens is 1. The Balaban J connectivity index is 2.03. The molecule has 158 valence electrons. The van der Waals surface area contributed by atoms with Crippen LogP contribution in [0.2, 0.25) is 0 Å². The Hall–Kier alpha value is -2.41. The normalized spacial score (nSPS) is 15.6. The number of anilines is 1.